The third kappa shape index (κ3) is 11.2. The Kier molecular flexibility index (Phi) is 14.1. The topological polar surface area (TPSA) is 212 Å². The van der Waals surface area contributed by atoms with Gasteiger partial charge in [0.05, 0.1) is 6.10 Å². The van der Waals surface area contributed by atoms with Gasteiger partial charge in [0.15, 0.2) is 42.9 Å². The van der Waals surface area contributed by atoms with Gasteiger partial charge in [0.1, 0.15) is 18.8 Å². The second-order valence-corrected chi connectivity index (χ2v) is 10.3. The molecule has 0 unspecified atom stereocenters. The van der Waals surface area contributed by atoms with Crippen molar-refractivity contribution in [3.05, 3.63) is 0 Å². The molecule has 0 aromatic heterocycles. The van der Waals surface area contributed by atoms with Crippen LogP contribution in [0.3, 0.4) is 0 Å². The highest BCUT2D eigenvalue weighted by molar-refractivity contribution is 5.69. The Bertz CT molecular complexity index is 1100. The molecule has 0 aromatic carbocycles. The van der Waals surface area contributed by atoms with Crippen LogP contribution in [0.5, 0.6) is 0 Å². The summed E-state index contributed by atoms with van der Waals surface area (Å²) in [6.45, 7) is 7.38. The number of methoxy groups -OCH3 is 1. The van der Waals surface area contributed by atoms with Crippen LogP contribution < -0.4 is 0 Å². The van der Waals surface area contributed by atoms with Crippen LogP contribution in [0.4, 0.5) is 0 Å². The van der Waals surface area contributed by atoms with Crippen LogP contribution in [0.1, 0.15) is 61.3 Å². The van der Waals surface area contributed by atoms with Crippen LogP contribution >= 0.6 is 0 Å². The summed E-state index contributed by atoms with van der Waals surface area (Å²) in [7, 11) is 1.26. The Hall–Kier alpha value is -3.83. The summed E-state index contributed by atoms with van der Waals surface area (Å²) in [6.07, 6.45) is -12.8. The van der Waals surface area contributed by atoms with Gasteiger partial charge >= 0.3 is 41.8 Å². The molecule has 0 saturated carbocycles. The molecule has 2 saturated heterocycles. The maximum Gasteiger partial charge on any atom is 0.303 e. The third-order valence-corrected chi connectivity index (χ3v) is 6.55. The highest BCUT2D eigenvalue weighted by Gasteiger charge is 2.54. The smallest absolute Gasteiger partial charge is 0.303 e. The van der Waals surface area contributed by atoms with Crippen molar-refractivity contribution in [1.82, 2.24) is 0 Å². The third-order valence-electron chi connectivity index (χ3n) is 6.55. The van der Waals surface area contributed by atoms with Crippen molar-refractivity contribution < 1.29 is 80.9 Å². The lowest BCUT2D eigenvalue weighted by Crippen LogP contribution is -2.63. The summed E-state index contributed by atoms with van der Waals surface area (Å²) in [5.41, 5.74) is 0. The average Bonchev–Trinajstić information content (AvgIpc) is 2.90. The van der Waals surface area contributed by atoms with Gasteiger partial charge in [0.25, 0.3) is 0 Å². The molecule has 0 spiro atoms. The van der Waals surface area contributed by atoms with Gasteiger partial charge in [-0.15, -0.1) is 0 Å². The first-order valence-electron chi connectivity index (χ1n) is 14.0. The van der Waals surface area contributed by atoms with E-state index in [0.29, 0.717) is 0 Å². The summed E-state index contributed by atoms with van der Waals surface area (Å²) in [5, 5.41) is 0. The largest absolute Gasteiger partial charge is 0.463 e. The zero-order valence-electron chi connectivity index (χ0n) is 26.3. The molecule has 0 amide bonds. The molecule has 0 aromatic rings. The zero-order valence-corrected chi connectivity index (χ0v) is 26.3. The average molecular weight is 649 g/mol. The van der Waals surface area contributed by atoms with Gasteiger partial charge in [-0.3, -0.25) is 33.6 Å². The van der Waals surface area contributed by atoms with Crippen LogP contribution in [0, 0.1) is 0 Å². The molecule has 0 N–H and O–H groups in total. The SMILES string of the molecule is CO[C@H]1O[C@H](CC[C@H]2O[C@H](COC(C)=O)[C@@H](OC(C)=O)[C@H](OC(C)=O)[C@@H]2OC(C)=O)[C@@H](OC(C)=O)[C@H](OC(C)=O)[C@@H]1OC(C)=O. The summed E-state index contributed by atoms with van der Waals surface area (Å²) < 4.78 is 55.1. The van der Waals surface area contributed by atoms with E-state index in [0.717, 1.165) is 48.5 Å². The van der Waals surface area contributed by atoms with E-state index in [1.54, 1.807) is 0 Å². The Labute approximate surface area is 259 Å². The molecule has 2 heterocycles. The lowest BCUT2D eigenvalue weighted by molar-refractivity contribution is -0.301. The first-order valence-corrected chi connectivity index (χ1v) is 14.0. The fraction of sp³-hybridized carbons (Fsp3) is 0.750. The van der Waals surface area contributed by atoms with E-state index in [1.807, 2.05) is 0 Å². The van der Waals surface area contributed by atoms with Crippen LogP contribution in [0.15, 0.2) is 0 Å². The van der Waals surface area contributed by atoms with Gasteiger partial charge in [-0.25, -0.2) is 0 Å². The Morgan fingerprint density at radius 1 is 0.444 bits per heavy atom. The maximum atomic E-state index is 12.2. The minimum Gasteiger partial charge on any atom is -0.463 e. The molecule has 10 atom stereocenters. The van der Waals surface area contributed by atoms with E-state index in [4.69, 9.17) is 47.4 Å². The number of rotatable bonds is 12. The number of carbonyl (C=O) groups is 7. The summed E-state index contributed by atoms with van der Waals surface area (Å²) in [6, 6.07) is 0. The van der Waals surface area contributed by atoms with Gasteiger partial charge in [-0.2, -0.15) is 0 Å². The second kappa shape index (κ2) is 17.0. The standard InChI is InChI=1S/C28H40O17/c1-12(29)37-11-21-24(40-15(4)32)25(41-16(5)33)22(38-13(2)30)19(44-21)9-10-20-23(39-14(3)31)26(42-17(6)34)27(43-18(7)35)28(36-8)45-20/h19-28H,9-11H2,1-8H3/t19-,20-,21-,22-,23-,24-,25-,26+,27+,28+/m1/s1. The van der Waals surface area contributed by atoms with Crippen molar-refractivity contribution in [3.63, 3.8) is 0 Å². The van der Waals surface area contributed by atoms with Crippen molar-refractivity contribution in [1.29, 1.82) is 0 Å². The monoisotopic (exact) mass is 648 g/mol. The first-order chi connectivity index (χ1) is 21.0. The predicted octanol–water partition coefficient (Wildman–Crippen LogP) is 0.0586. The fourth-order valence-electron chi connectivity index (χ4n) is 5.16. The highest BCUT2D eigenvalue weighted by atomic mass is 16.7. The van der Waals surface area contributed by atoms with Crippen LogP contribution in [-0.4, -0.2) is 117 Å². The van der Waals surface area contributed by atoms with Crippen molar-refractivity contribution in [2.45, 2.75) is 123 Å². The van der Waals surface area contributed by atoms with Crippen molar-refractivity contribution in [2.24, 2.45) is 0 Å². The fourth-order valence-corrected chi connectivity index (χ4v) is 5.16. The number of ether oxygens (including phenoxy) is 10. The lowest BCUT2D eigenvalue weighted by Gasteiger charge is -2.46. The summed E-state index contributed by atoms with van der Waals surface area (Å²) in [4.78, 5) is 83.9. The molecule has 0 bridgehead atoms. The molecule has 45 heavy (non-hydrogen) atoms. The van der Waals surface area contributed by atoms with Gasteiger partial charge in [-0.05, 0) is 12.8 Å². The molecular weight excluding hydrogens is 608 g/mol. The van der Waals surface area contributed by atoms with E-state index >= 15 is 0 Å². The minimum absolute atomic E-state index is 0.0594. The van der Waals surface area contributed by atoms with Crippen LogP contribution in [0.25, 0.3) is 0 Å². The molecule has 17 nitrogen and oxygen atoms in total. The Morgan fingerprint density at radius 2 is 0.778 bits per heavy atom. The molecule has 254 valence electrons. The van der Waals surface area contributed by atoms with E-state index < -0.39 is 110 Å². The molecule has 0 aliphatic carbocycles. The van der Waals surface area contributed by atoms with Gasteiger partial charge in [0.2, 0.25) is 0 Å². The second-order valence-electron chi connectivity index (χ2n) is 10.3. The Morgan fingerprint density at radius 3 is 1.16 bits per heavy atom. The highest BCUT2D eigenvalue weighted by Crippen LogP contribution is 2.35. The van der Waals surface area contributed by atoms with E-state index in [2.05, 4.69) is 0 Å². The van der Waals surface area contributed by atoms with Crippen molar-refractivity contribution in [3.8, 4) is 0 Å². The number of carbonyl (C=O) groups excluding carboxylic acids is 7. The molecule has 2 fully saturated rings. The van der Waals surface area contributed by atoms with Crippen molar-refractivity contribution in [2.75, 3.05) is 13.7 Å². The lowest BCUT2D eigenvalue weighted by atomic mass is 9.89. The first kappa shape index (κ1) is 37.4. The molecule has 2 aliphatic heterocycles. The molecule has 2 aliphatic rings. The van der Waals surface area contributed by atoms with Crippen LogP contribution in [-0.2, 0) is 80.9 Å². The normalized spacial score (nSPS) is 31.0. The molecule has 2 rings (SSSR count). The summed E-state index contributed by atoms with van der Waals surface area (Å²) >= 11 is 0. The number of hydrogen-bond donors (Lipinski definition) is 0. The van der Waals surface area contributed by atoms with Gasteiger partial charge in [0, 0.05) is 55.6 Å². The maximum absolute atomic E-state index is 12.2. The Balaban J connectivity index is 2.51. The van der Waals surface area contributed by atoms with Crippen LogP contribution in [0.2, 0.25) is 0 Å². The predicted molar refractivity (Wildman–Crippen MR) is 144 cm³/mol. The number of hydrogen-bond acceptors (Lipinski definition) is 17. The summed E-state index contributed by atoms with van der Waals surface area (Å²) in [5.74, 6) is -5.32. The van der Waals surface area contributed by atoms with Gasteiger partial charge < -0.3 is 47.4 Å². The van der Waals surface area contributed by atoms with Crippen molar-refractivity contribution >= 4 is 41.8 Å². The zero-order chi connectivity index (χ0) is 34.0. The molecule has 17 heteroatoms. The molecular formula is C28H40O17. The van der Waals surface area contributed by atoms with Gasteiger partial charge in [-0.1, -0.05) is 0 Å². The number of esters is 7. The molecule has 0 radical (unpaired) electrons. The van der Waals surface area contributed by atoms with E-state index in [-0.39, 0.29) is 12.8 Å². The minimum atomic E-state index is -1.39. The quantitative estimate of drug-likeness (QED) is 0.202. The van der Waals surface area contributed by atoms with E-state index in [1.165, 1.54) is 7.11 Å². The van der Waals surface area contributed by atoms with E-state index in [9.17, 15) is 33.6 Å².